The molecule has 0 bridgehead atoms. The molecule has 0 saturated carbocycles. The Hall–Kier alpha value is -2.64. The summed E-state index contributed by atoms with van der Waals surface area (Å²) in [6.45, 7) is 7.72. The smallest absolute Gasteiger partial charge is 0.269 e. The minimum absolute atomic E-state index is 0.154. The molecule has 1 N–H and O–H groups in total. The lowest BCUT2D eigenvalue weighted by Gasteiger charge is -2.32. The van der Waals surface area contributed by atoms with E-state index in [1.165, 1.54) is 5.56 Å². The molecule has 4 heteroatoms. The first-order valence-electron chi connectivity index (χ1n) is 10.9. The second-order valence-corrected chi connectivity index (χ2v) is 8.85. The monoisotopic (exact) mass is 405 g/mol. The highest BCUT2D eigenvalue weighted by Gasteiger charge is 2.43. The first-order chi connectivity index (χ1) is 14.2. The number of nitro groups is 1. The van der Waals surface area contributed by atoms with E-state index >= 15 is 0 Å². The van der Waals surface area contributed by atoms with E-state index in [9.17, 15) is 15.2 Å². The zero-order chi connectivity index (χ0) is 21.9. The topological polar surface area (TPSA) is 63.4 Å². The maximum Gasteiger partial charge on any atom is 0.269 e. The van der Waals surface area contributed by atoms with Crippen molar-refractivity contribution in [3.63, 3.8) is 0 Å². The molecule has 0 spiro atoms. The Kier molecular flexibility index (Phi) is 6.33. The lowest BCUT2D eigenvalue weighted by Crippen LogP contribution is -2.25. The van der Waals surface area contributed by atoms with Gasteiger partial charge in [-0.15, -0.1) is 0 Å². The Morgan fingerprint density at radius 3 is 2.10 bits per heavy atom. The molecule has 30 heavy (non-hydrogen) atoms. The van der Waals surface area contributed by atoms with Crippen LogP contribution in [0.3, 0.4) is 0 Å². The lowest BCUT2D eigenvalue weighted by atomic mass is 9.70. The predicted molar refractivity (Wildman–Crippen MR) is 122 cm³/mol. The van der Waals surface area contributed by atoms with Crippen molar-refractivity contribution in [1.82, 2.24) is 0 Å². The van der Waals surface area contributed by atoms with Crippen molar-refractivity contribution in [3.05, 3.63) is 63.2 Å². The van der Waals surface area contributed by atoms with Crippen LogP contribution in [0, 0.1) is 22.0 Å². The van der Waals surface area contributed by atoms with E-state index in [0.29, 0.717) is 0 Å². The fraction of sp³-hybridized carbons (Fsp3) is 0.462. The number of unbranched alkanes of at least 4 members (excludes halogenated alkanes) is 2. The number of nitro benzene ring substituents is 1. The highest BCUT2D eigenvalue weighted by atomic mass is 16.6. The Labute approximate surface area is 179 Å². The van der Waals surface area contributed by atoms with E-state index in [2.05, 4.69) is 37.8 Å². The van der Waals surface area contributed by atoms with Gasteiger partial charge in [0.05, 0.1) is 4.92 Å². The molecule has 0 amide bonds. The number of aliphatic hydroxyl groups is 1. The average molecular weight is 406 g/mol. The van der Waals surface area contributed by atoms with Gasteiger partial charge in [0.15, 0.2) is 0 Å². The van der Waals surface area contributed by atoms with Crippen molar-refractivity contribution < 1.29 is 10.0 Å². The molecule has 0 heterocycles. The second kappa shape index (κ2) is 8.62. The van der Waals surface area contributed by atoms with Gasteiger partial charge >= 0.3 is 0 Å². The maximum absolute atomic E-state index is 11.5. The Morgan fingerprint density at radius 2 is 1.57 bits per heavy atom. The third-order valence-corrected chi connectivity index (χ3v) is 5.98. The Balaban J connectivity index is 2.23. The summed E-state index contributed by atoms with van der Waals surface area (Å²) in [4.78, 5) is 11.2. The molecule has 2 aromatic carbocycles. The quantitative estimate of drug-likeness (QED) is 0.331. The van der Waals surface area contributed by atoms with Gasteiger partial charge in [-0.25, -0.2) is 0 Å². The summed E-state index contributed by atoms with van der Waals surface area (Å²) < 4.78 is 0. The van der Waals surface area contributed by atoms with Crippen LogP contribution in [0.5, 0.6) is 0 Å². The van der Waals surface area contributed by atoms with Gasteiger partial charge in [-0.3, -0.25) is 10.1 Å². The molecule has 0 fully saturated rings. The zero-order valence-electron chi connectivity index (χ0n) is 18.4. The van der Waals surface area contributed by atoms with Gasteiger partial charge in [0.2, 0.25) is 0 Å². The second-order valence-electron chi connectivity index (χ2n) is 8.85. The fourth-order valence-corrected chi connectivity index (χ4v) is 4.52. The number of nitrogens with zero attached hydrogens (tertiary/aromatic N) is 1. The van der Waals surface area contributed by atoms with E-state index < -0.39 is 5.60 Å². The first kappa shape index (κ1) is 22.1. The van der Waals surface area contributed by atoms with Crippen LogP contribution in [-0.4, -0.2) is 15.6 Å². The SMILES string of the molecule is CCCCC1(CCCC)c2cc(C#CC(C)(C)O)ccc2-c2ccc([N+](=O)[O-])cc21. The van der Waals surface area contributed by atoms with E-state index in [0.717, 1.165) is 60.8 Å². The van der Waals surface area contributed by atoms with Crippen molar-refractivity contribution in [3.8, 4) is 23.0 Å². The summed E-state index contributed by atoms with van der Waals surface area (Å²) in [5.74, 6) is 6.02. The molecular formula is C26H31NO3. The van der Waals surface area contributed by atoms with Crippen molar-refractivity contribution >= 4 is 5.69 Å². The molecule has 2 aromatic rings. The summed E-state index contributed by atoms with van der Waals surface area (Å²) in [5.41, 5.74) is 4.31. The van der Waals surface area contributed by atoms with Crippen LogP contribution in [0.1, 0.15) is 82.9 Å². The molecule has 158 valence electrons. The molecule has 1 aliphatic carbocycles. The van der Waals surface area contributed by atoms with Crippen molar-refractivity contribution in [2.45, 2.75) is 77.2 Å². The van der Waals surface area contributed by atoms with E-state index in [4.69, 9.17) is 0 Å². The van der Waals surface area contributed by atoms with Crippen LogP contribution < -0.4 is 0 Å². The highest BCUT2D eigenvalue weighted by molar-refractivity contribution is 5.82. The number of fused-ring (bicyclic) bond motifs is 3. The molecule has 0 aliphatic heterocycles. The molecule has 0 unspecified atom stereocenters. The van der Waals surface area contributed by atoms with E-state index in [1.54, 1.807) is 26.0 Å². The third kappa shape index (κ3) is 4.27. The molecule has 3 rings (SSSR count). The van der Waals surface area contributed by atoms with Crippen molar-refractivity contribution in [1.29, 1.82) is 0 Å². The number of hydrogen-bond acceptors (Lipinski definition) is 3. The van der Waals surface area contributed by atoms with Gasteiger partial charge in [-0.2, -0.15) is 0 Å². The molecule has 1 aliphatic rings. The van der Waals surface area contributed by atoms with Crippen LogP contribution in [0.4, 0.5) is 5.69 Å². The minimum atomic E-state index is -1.05. The number of non-ortho nitro benzene ring substituents is 1. The van der Waals surface area contributed by atoms with E-state index in [1.807, 2.05) is 12.1 Å². The number of rotatable bonds is 7. The standard InChI is InChI=1S/C26H31NO3/c1-5-7-14-26(15-8-6-2)23-17-19(13-16-25(3,4)28)9-11-21(23)22-12-10-20(27(29)30)18-24(22)26/h9-12,17-18,28H,5-8,14-15H2,1-4H3. The first-order valence-corrected chi connectivity index (χ1v) is 10.9. The average Bonchev–Trinajstić information content (AvgIpc) is 2.97. The van der Waals surface area contributed by atoms with Crippen LogP contribution in [-0.2, 0) is 5.41 Å². The largest absolute Gasteiger partial charge is 0.378 e. The number of hydrogen-bond donors (Lipinski definition) is 1. The Morgan fingerprint density at radius 1 is 1.00 bits per heavy atom. The maximum atomic E-state index is 11.5. The molecule has 0 atom stereocenters. The highest BCUT2D eigenvalue weighted by Crippen LogP contribution is 2.55. The summed E-state index contributed by atoms with van der Waals surface area (Å²) in [5, 5.41) is 21.5. The lowest BCUT2D eigenvalue weighted by molar-refractivity contribution is -0.384. The molecule has 0 aromatic heterocycles. The van der Waals surface area contributed by atoms with Crippen LogP contribution in [0.2, 0.25) is 0 Å². The predicted octanol–water partition coefficient (Wildman–Crippen LogP) is 6.36. The van der Waals surface area contributed by atoms with Gasteiger partial charge in [0, 0.05) is 23.1 Å². The summed E-state index contributed by atoms with van der Waals surface area (Å²) in [6, 6.07) is 11.5. The number of benzene rings is 2. The molecule has 0 saturated heterocycles. The van der Waals surface area contributed by atoms with Crippen LogP contribution in [0.25, 0.3) is 11.1 Å². The molecular weight excluding hydrogens is 374 g/mol. The van der Waals surface area contributed by atoms with Crippen LogP contribution >= 0.6 is 0 Å². The summed E-state index contributed by atoms with van der Waals surface area (Å²) in [6.07, 6.45) is 6.20. The zero-order valence-corrected chi connectivity index (χ0v) is 18.4. The van der Waals surface area contributed by atoms with Gasteiger partial charge in [0.25, 0.3) is 5.69 Å². The fourth-order valence-electron chi connectivity index (χ4n) is 4.52. The van der Waals surface area contributed by atoms with Gasteiger partial charge in [-0.1, -0.05) is 57.4 Å². The van der Waals surface area contributed by atoms with Crippen molar-refractivity contribution in [2.75, 3.05) is 0 Å². The summed E-state index contributed by atoms with van der Waals surface area (Å²) in [7, 11) is 0. The minimum Gasteiger partial charge on any atom is -0.378 e. The summed E-state index contributed by atoms with van der Waals surface area (Å²) >= 11 is 0. The van der Waals surface area contributed by atoms with E-state index in [-0.39, 0.29) is 16.0 Å². The van der Waals surface area contributed by atoms with Crippen LogP contribution in [0.15, 0.2) is 36.4 Å². The van der Waals surface area contributed by atoms with Gasteiger partial charge in [0.1, 0.15) is 5.60 Å². The van der Waals surface area contributed by atoms with Gasteiger partial charge < -0.3 is 5.11 Å². The van der Waals surface area contributed by atoms with Crippen molar-refractivity contribution in [2.24, 2.45) is 0 Å². The third-order valence-electron chi connectivity index (χ3n) is 5.98. The Bertz CT molecular complexity index is 997. The molecule has 4 nitrogen and oxygen atoms in total. The normalized spacial score (nSPS) is 13.9. The molecule has 0 radical (unpaired) electrons. The van der Waals surface area contributed by atoms with Gasteiger partial charge in [-0.05, 0) is 67.1 Å².